The van der Waals surface area contributed by atoms with Crippen LogP contribution in [0.2, 0.25) is 0 Å². The molecule has 0 saturated carbocycles. The summed E-state index contributed by atoms with van der Waals surface area (Å²) in [4.78, 5) is 36.6. The second-order valence-corrected chi connectivity index (χ2v) is 9.92. The van der Waals surface area contributed by atoms with Crippen LogP contribution in [0, 0.1) is 0 Å². The third kappa shape index (κ3) is 4.93. The third-order valence-electron chi connectivity index (χ3n) is 6.50. The first-order valence-corrected chi connectivity index (χ1v) is 12.7. The summed E-state index contributed by atoms with van der Waals surface area (Å²) in [6, 6.07) is 16.7. The zero-order chi connectivity index (χ0) is 24.4. The lowest BCUT2D eigenvalue weighted by atomic mass is 9.90. The first kappa shape index (κ1) is 23.1. The molecule has 2 amide bonds. The molecule has 1 saturated heterocycles. The summed E-state index contributed by atoms with van der Waals surface area (Å²) in [5.41, 5.74) is 5.20. The largest absolute Gasteiger partial charge is 0.378 e. The van der Waals surface area contributed by atoms with Gasteiger partial charge < -0.3 is 15.2 Å². The van der Waals surface area contributed by atoms with Crippen LogP contribution in [0.25, 0.3) is 10.9 Å². The summed E-state index contributed by atoms with van der Waals surface area (Å²) in [6.45, 7) is 1.18. The zero-order valence-corrected chi connectivity index (χ0v) is 20.8. The highest BCUT2D eigenvalue weighted by Crippen LogP contribution is 2.31. The first-order valence-electron chi connectivity index (χ1n) is 11.8. The standard InChI is InChI=1S/C27H29N5O2S/c1-31(2)20-11-9-18(10-12-20)22(23-16-28-24-7-4-3-6-21(23)24)15-29-25(33)14-19-17-35-27(30-19)32-13-5-8-26(32)34/h3-4,6-7,9-12,16-17,22,28H,5,8,13-15H2,1-2H3,(H,29,33)/t22-/m0/s1. The predicted octanol–water partition coefficient (Wildman–Crippen LogP) is 4.31. The summed E-state index contributed by atoms with van der Waals surface area (Å²) < 4.78 is 0. The van der Waals surface area contributed by atoms with Crippen molar-refractivity contribution in [2.24, 2.45) is 0 Å². The summed E-state index contributed by atoms with van der Waals surface area (Å²) in [5, 5.41) is 6.84. The molecule has 0 radical (unpaired) electrons. The van der Waals surface area contributed by atoms with E-state index >= 15 is 0 Å². The first-order chi connectivity index (χ1) is 17.0. The average Bonchev–Trinajstić information content (AvgIpc) is 3.60. The second-order valence-electron chi connectivity index (χ2n) is 9.08. The van der Waals surface area contributed by atoms with E-state index in [2.05, 4.69) is 56.6 Å². The zero-order valence-electron chi connectivity index (χ0n) is 20.0. The number of carbonyl (C=O) groups excluding carboxylic acids is 2. The van der Waals surface area contributed by atoms with Crippen molar-refractivity contribution in [3.63, 3.8) is 0 Å². The van der Waals surface area contributed by atoms with Crippen LogP contribution in [0.5, 0.6) is 0 Å². The fourth-order valence-electron chi connectivity index (χ4n) is 4.59. The minimum absolute atomic E-state index is 0.000437. The van der Waals surface area contributed by atoms with E-state index in [4.69, 9.17) is 0 Å². The van der Waals surface area contributed by atoms with E-state index in [0.29, 0.717) is 30.3 Å². The number of rotatable bonds is 8. The minimum atomic E-state index is -0.0793. The average molecular weight is 488 g/mol. The van der Waals surface area contributed by atoms with Crippen LogP contribution in [0.1, 0.15) is 35.6 Å². The van der Waals surface area contributed by atoms with Crippen molar-refractivity contribution in [3.05, 3.63) is 76.9 Å². The van der Waals surface area contributed by atoms with Gasteiger partial charge in [-0.1, -0.05) is 30.3 Å². The molecule has 1 aliphatic heterocycles. The van der Waals surface area contributed by atoms with Gasteiger partial charge in [-0.05, 0) is 35.7 Å². The number of aromatic nitrogens is 2. The Morgan fingerprint density at radius 2 is 2.00 bits per heavy atom. The third-order valence-corrected chi connectivity index (χ3v) is 7.41. The number of anilines is 2. The highest BCUT2D eigenvalue weighted by atomic mass is 32.1. The molecular weight excluding hydrogens is 458 g/mol. The molecule has 180 valence electrons. The molecule has 35 heavy (non-hydrogen) atoms. The number of amides is 2. The van der Waals surface area contributed by atoms with Crippen LogP contribution in [-0.2, 0) is 16.0 Å². The van der Waals surface area contributed by atoms with Gasteiger partial charge in [0.05, 0.1) is 12.1 Å². The molecule has 1 atom stereocenters. The van der Waals surface area contributed by atoms with Crippen molar-refractivity contribution in [2.75, 3.05) is 37.0 Å². The van der Waals surface area contributed by atoms with Crippen molar-refractivity contribution < 1.29 is 9.59 Å². The lowest BCUT2D eigenvalue weighted by molar-refractivity contribution is -0.120. The Kier molecular flexibility index (Phi) is 6.55. The number of carbonyl (C=O) groups is 2. The Balaban J connectivity index is 1.32. The van der Waals surface area contributed by atoms with Gasteiger partial charge in [0, 0.05) is 67.7 Å². The lowest BCUT2D eigenvalue weighted by Crippen LogP contribution is -2.30. The maximum atomic E-state index is 12.9. The van der Waals surface area contributed by atoms with Crippen LogP contribution in [0.3, 0.4) is 0 Å². The van der Waals surface area contributed by atoms with E-state index in [1.165, 1.54) is 11.3 Å². The van der Waals surface area contributed by atoms with Gasteiger partial charge in [-0.3, -0.25) is 14.5 Å². The van der Waals surface area contributed by atoms with Crippen LogP contribution in [0.4, 0.5) is 10.8 Å². The summed E-state index contributed by atoms with van der Waals surface area (Å²) in [6.07, 6.45) is 3.67. The molecular formula is C27H29N5O2S. The highest BCUT2D eigenvalue weighted by Gasteiger charge is 2.25. The SMILES string of the molecule is CN(C)c1ccc([C@H](CNC(=O)Cc2csc(N3CCCC3=O)n2)c2c[nH]c3ccccc23)cc1. The Morgan fingerprint density at radius 3 is 2.74 bits per heavy atom. The Bertz CT molecular complexity index is 1340. The number of nitrogens with zero attached hydrogens (tertiary/aromatic N) is 3. The maximum Gasteiger partial charge on any atom is 0.228 e. The van der Waals surface area contributed by atoms with Crippen molar-refractivity contribution >= 4 is 44.9 Å². The monoisotopic (exact) mass is 487 g/mol. The number of para-hydroxylation sites is 1. The molecule has 2 aromatic heterocycles. The Morgan fingerprint density at radius 1 is 1.20 bits per heavy atom. The molecule has 3 heterocycles. The quantitative estimate of drug-likeness (QED) is 0.388. The van der Waals surface area contributed by atoms with Gasteiger partial charge in [-0.25, -0.2) is 4.98 Å². The minimum Gasteiger partial charge on any atom is -0.378 e. The van der Waals surface area contributed by atoms with E-state index in [0.717, 1.165) is 34.1 Å². The lowest BCUT2D eigenvalue weighted by Gasteiger charge is -2.20. The van der Waals surface area contributed by atoms with E-state index in [1.54, 1.807) is 4.90 Å². The summed E-state index contributed by atoms with van der Waals surface area (Å²) in [5.74, 6) is 0.0288. The summed E-state index contributed by atoms with van der Waals surface area (Å²) >= 11 is 1.42. The number of H-pyrrole nitrogens is 1. The topological polar surface area (TPSA) is 81.3 Å². The molecule has 0 aliphatic carbocycles. The van der Waals surface area contributed by atoms with Gasteiger partial charge in [0.2, 0.25) is 11.8 Å². The number of fused-ring (bicyclic) bond motifs is 1. The van der Waals surface area contributed by atoms with Gasteiger partial charge in [0.1, 0.15) is 0 Å². The second kappa shape index (κ2) is 9.92. The Hall–Kier alpha value is -3.65. The van der Waals surface area contributed by atoms with E-state index in [-0.39, 0.29) is 24.2 Å². The maximum absolute atomic E-state index is 12.9. The fraction of sp³-hybridized carbons (Fsp3) is 0.296. The summed E-state index contributed by atoms with van der Waals surface area (Å²) in [7, 11) is 4.05. The van der Waals surface area contributed by atoms with Crippen LogP contribution in [0.15, 0.2) is 60.1 Å². The number of nitrogens with one attached hydrogen (secondary N) is 2. The molecule has 1 aliphatic rings. The van der Waals surface area contributed by atoms with Crippen molar-refractivity contribution in [1.82, 2.24) is 15.3 Å². The molecule has 4 aromatic rings. The number of hydrogen-bond acceptors (Lipinski definition) is 5. The molecule has 2 N–H and O–H groups in total. The fourth-order valence-corrected chi connectivity index (χ4v) is 5.46. The van der Waals surface area contributed by atoms with Gasteiger partial charge in [0.25, 0.3) is 0 Å². The van der Waals surface area contributed by atoms with Crippen LogP contribution >= 0.6 is 11.3 Å². The predicted molar refractivity (Wildman–Crippen MR) is 141 cm³/mol. The van der Waals surface area contributed by atoms with Crippen LogP contribution in [-0.4, -0.2) is 49.0 Å². The van der Waals surface area contributed by atoms with E-state index in [9.17, 15) is 9.59 Å². The molecule has 0 bridgehead atoms. The number of hydrogen-bond donors (Lipinski definition) is 2. The van der Waals surface area contributed by atoms with E-state index < -0.39 is 0 Å². The molecule has 7 nitrogen and oxygen atoms in total. The van der Waals surface area contributed by atoms with Gasteiger partial charge in [0.15, 0.2) is 5.13 Å². The molecule has 0 unspecified atom stereocenters. The number of benzene rings is 2. The molecule has 0 spiro atoms. The van der Waals surface area contributed by atoms with Crippen molar-refractivity contribution in [1.29, 1.82) is 0 Å². The number of thiazole rings is 1. The van der Waals surface area contributed by atoms with Crippen molar-refractivity contribution in [2.45, 2.75) is 25.2 Å². The molecule has 1 fully saturated rings. The van der Waals surface area contributed by atoms with Crippen molar-refractivity contribution in [3.8, 4) is 0 Å². The van der Waals surface area contributed by atoms with Crippen LogP contribution < -0.4 is 15.1 Å². The highest BCUT2D eigenvalue weighted by molar-refractivity contribution is 7.14. The van der Waals surface area contributed by atoms with Gasteiger partial charge >= 0.3 is 0 Å². The van der Waals surface area contributed by atoms with Gasteiger partial charge in [-0.15, -0.1) is 11.3 Å². The molecule has 8 heteroatoms. The van der Waals surface area contributed by atoms with Gasteiger partial charge in [-0.2, -0.15) is 0 Å². The molecule has 2 aromatic carbocycles. The smallest absolute Gasteiger partial charge is 0.228 e. The van der Waals surface area contributed by atoms with E-state index in [1.807, 2.05) is 37.8 Å². The Labute approximate surface area is 208 Å². The number of aromatic amines is 1. The normalized spacial score (nSPS) is 14.5. The molecule has 5 rings (SSSR count).